The third kappa shape index (κ3) is 6.03. The van der Waals surface area contributed by atoms with Gasteiger partial charge in [0.05, 0.1) is 19.8 Å². The van der Waals surface area contributed by atoms with Gasteiger partial charge in [-0.1, -0.05) is 0 Å². The molecule has 1 aromatic heterocycles. The molecule has 0 bridgehead atoms. The first-order chi connectivity index (χ1) is 19.4. The predicted molar refractivity (Wildman–Crippen MR) is 164 cm³/mol. The fourth-order valence-corrected chi connectivity index (χ4v) is 6.06. The van der Waals surface area contributed by atoms with Crippen LogP contribution in [0.25, 0.3) is 22.5 Å². The summed E-state index contributed by atoms with van der Waals surface area (Å²) in [7, 11) is 12.1. The van der Waals surface area contributed by atoms with Gasteiger partial charge in [-0.3, -0.25) is 0 Å². The Hall–Kier alpha value is -3.36. The molecule has 0 spiro atoms. The van der Waals surface area contributed by atoms with E-state index in [1.165, 1.54) is 37.1 Å². The first kappa shape index (κ1) is 28.2. The molecule has 2 saturated heterocycles. The van der Waals surface area contributed by atoms with Gasteiger partial charge in [-0.05, 0) is 78.1 Å². The molecule has 0 aliphatic carbocycles. The Morgan fingerprint density at radius 3 is 1.50 bits per heavy atom. The second-order valence-corrected chi connectivity index (χ2v) is 11.4. The lowest BCUT2D eigenvalue weighted by molar-refractivity contribution is 0.249. The standard InChI is InChI=1S/C32H44N6O2/c1-35(2)24-11-15-37(16-12-24)26-7-9-28(30(19-26)39-5)23-21-33-32(34-22-23)29-10-8-27(20-31(29)40-6)38-17-13-25(14-18-38)36(3)4/h7-10,19-22,24-25H,11-18H2,1-6H3. The predicted octanol–water partition coefficient (Wildman–Crippen LogP) is 4.89. The van der Waals surface area contributed by atoms with Crippen molar-refractivity contribution in [1.82, 2.24) is 19.8 Å². The second-order valence-electron chi connectivity index (χ2n) is 11.4. The maximum Gasteiger partial charge on any atom is 0.162 e. The molecule has 5 rings (SSSR count). The van der Waals surface area contributed by atoms with E-state index in [2.05, 4.69) is 84.2 Å². The summed E-state index contributed by atoms with van der Waals surface area (Å²) in [6, 6.07) is 14.1. The van der Waals surface area contributed by atoms with E-state index in [1.54, 1.807) is 14.2 Å². The maximum absolute atomic E-state index is 5.81. The van der Waals surface area contributed by atoms with Gasteiger partial charge in [-0.25, -0.2) is 9.97 Å². The van der Waals surface area contributed by atoms with E-state index < -0.39 is 0 Å². The molecule has 0 atom stereocenters. The molecule has 0 saturated carbocycles. The number of benzene rings is 2. The second kappa shape index (κ2) is 12.4. The van der Waals surface area contributed by atoms with Crippen molar-refractivity contribution in [2.75, 3.05) is 78.4 Å². The number of hydrogen-bond donors (Lipinski definition) is 0. The average molecular weight is 545 g/mol. The van der Waals surface area contributed by atoms with Crippen molar-refractivity contribution in [2.24, 2.45) is 0 Å². The number of aromatic nitrogens is 2. The fraction of sp³-hybridized carbons (Fsp3) is 0.500. The molecular weight excluding hydrogens is 500 g/mol. The minimum absolute atomic E-state index is 0.651. The smallest absolute Gasteiger partial charge is 0.162 e. The van der Waals surface area contributed by atoms with Crippen LogP contribution in [0.15, 0.2) is 48.8 Å². The summed E-state index contributed by atoms with van der Waals surface area (Å²) < 4.78 is 11.6. The fourth-order valence-electron chi connectivity index (χ4n) is 6.06. The summed E-state index contributed by atoms with van der Waals surface area (Å²) in [5, 5.41) is 0. The largest absolute Gasteiger partial charge is 0.496 e. The summed E-state index contributed by atoms with van der Waals surface area (Å²) >= 11 is 0. The third-order valence-corrected chi connectivity index (χ3v) is 8.69. The number of ether oxygens (including phenoxy) is 2. The van der Waals surface area contributed by atoms with Crippen molar-refractivity contribution >= 4 is 11.4 Å². The minimum atomic E-state index is 0.651. The van der Waals surface area contributed by atoms with Crippen LogP contribution in [0.5, 0.6) is 11.5 Å². The van der Waals surface area contributed by atoms with Gasteiger partial charge in [0.15, 0.2) is 5.82 Å². The molecule has 0 radical (unpaired) electrons. The molecule has 2 aliphatic rings. The molecule has 3 aromatic rings. The Balaban J connectivity index is 1.31. The Morgan fingerprint density at radius 1 is 0.650 bits per heavy atom. The summed E-state index contributed by atoms with van der Waals surface area (Å²) in [6.45, 7) is 4.20. The lowest BCUT2D eigenvalue weighted by Gasteiger charge is -2.36. The van der Waals surface area contributed by atoms with Crippen LogP contribution in [-0.2, 0) is 0 Å². The molecule has 8 heteroatoms. The molecule has 0 amide bonds. The molecular formula is C32H44N6O2. The Labute approximate surface area is 239 Å². The van der Waals surface area contributed by atoms with Gasteiger partial charge in [0.25, 0.3) is 0 Å². The topological polar surface area (TPSA) is 57.2 Å². The average Bonchev–Trinajstić information content (AvgIpc) is 3.00. The summed E-state index contributed by atoms with van der Waals surface area (Å²) in [4.78, 5) is 19.0. The molecule has 214 valence electrons. The van der Waals surface area contributed by atoms with Crippen molar-refractivity contribution in [3.8, 4) is 34.0 Å². The Morgan fingerprint density at radius 2 is 1.07 bits per heavy atom. The van der Waals surface area contributed by atoms with E-state index in [-0.39, 0.29) is 0 Å². The van der Waals surface area contributed by atoms with Gasteiger partial charge in [0, 0.05) is 85.3 Å². The summed E-state index contributed by atoms with van der Waals surface area (Å²) in [6.07, 6.45) is 8.43. The molecule has 2 fully saturated rings. The zero-order valence-corrected chi connectivity index (χ0v) is 24.9. The lowest BCUT2D eigenvalue weighted by Crippen LogP contribution is -2.41. The lowest BCUT2D eigenvalue weighted by atomic mass is 10.0. The van der Waals surface area contributed by atoms with E-state index in [0.717, 1.165) is 54.4 Å². The van der Waals surface area contributed by atoms with E-state index in [4.69, 9.17) is 19.4 Å². The van der Waals surface area contributed by atoms with Crippen LogP contribution in [0.3, 0.4) is 0 Å². The van der Waals surface area contributed by atoms with E-state index in [1.807, 2.05) is 12.4 Å². The van der Waals surface area contributed by atoms with Crippen LogP contribution < -0.4 is 19.3 Å². The normalized spacial score (nSPS) is 17.1. The highest BCUT2D eigenvalue weighted by molar-refractivity contribution is 5.74. The minimum Gasteiger partial charge on any atom is -0.496 e. The number of piperidine rings is 2. The highest BCUT2D eigenvalue weighted by Crippen LogP contribution is 2.36. The van der Waals surface area contributed by atoms with E-state index in [9.17, 15) is 0 Å². The van der Waals surface area contributed by atoms with Crippen molar-refractivity contribution in [1.29, 1.82) is 0 Å². The van der Waals surface area contributed by atoms with E-state index >= 15 is 0 Å². The molecule has 3 heterocycles. The van der Waals surface area contributed by atoms with Gasteiger partial charge in [-0.2, -0.15) is 0 Å². The molecule has 40 heavy (non-hydrogen) atoms. The zero-order valence-electron chi connectivity index (χ0n) is 24.9. The van der Waals surface area contributed by atoms with Crippen molar-refractivity contribution in [3.63, 3.8) is 0 Å². The Kier molecular flexibility index (Phi) is 8.76. The summed E-state index contributed by atoms with van der Waals surface area (Å²) in [5.41, 5.74) is 5.20. The van der Waals surface area contributed by atoms with Crippen molar-refractivity contribution in [3.05, 3.63) is 48.8 Å². The highest BCUT2D eigenvalue weighted by Gasteiger charge is 2.23. The van der Waals surface area contributed by atoms with Gasteiger partial charge in [0.1, 0.15) is 11.5 Å². The quantitative estimate of drug-likeness (QED) is 0.398. The van der Waals surface area contributed by atoms with Crippen LogP contribution in [0, 0.1) is 0 Å². The molecule has 0 N–H and O–H groups in total. The van der Waals surface area contributed by atoms with Crippen LogP contribution in [0.4, 0.5) is 11.4 Å². The van der Waals surface area contributed by atoms with Gasteiger partial charge in [-0.15, -0.1) is 0 Å². The molecule has 2 aliphatic heterocycles. The van der Waals surface area contributed by atoms with Crippen molar-refractivity contribution in [2.45, 2.75) is 37.8 Å². The molecule has 8 nitrogen and oxygen atoms in total. The number of rotatable bonds is 8. The number of anilines is 2. The SMILES string of the molecule is COc1cc(N2CCC(N(C)C)CC2)ccc1-c1cnc(-c2ccc(N3CCC(N(C)C)CC3)cc2OC)nc1. The summed E-state index contributed by atoms with van der Waals surface area (Å²) in [5.74, 6) is 2.28. The van der Waals surface area contributed by atoms with E-state index in [0.29, 0.717) is 17.9 Å². The van der Waals surface area contributed by atoms with Crippen LogP contribution in [0.2, 0.25) is 0 Å². The van der Waals surface area contributed by atoms with Crippen LogP contribution in [0.1, 0.15) is 25.7 Å². The zero-order chi connectivity index (χ0) is 28.2. The third-order valence-electron chi connectivity index (χ3n) is 8.69. The molecule has 2 aromatic carbocycles. The number of hydrogen-bond acceptors (Lipinski definition) is 8. The van der Waals surface area contributed by atoms with Gasteiger partial charge < -0.3 is 29.1 Å². The maximum atomic E-state index is 5.81. The van der Waals surface area contributed by atoms with Crippen LogP contribution >= 0.6 is 0 Å². The van der Waals surface area contributed by atoms with Crippen LogP contribution in [-0.4, -0.2) is 100 Å². The first-order valence-electron chi connectivity index (χ1n) is 14.4. The van der Waals surface area contributed by atoms with Crippen molar-refractivity contribution < 1.29 is 9.47 Å². The van der Waals surface area contributed by atoms with Gasteiger partial charge in [0.2, 0.25) is 0 Å². The monoisotopic (exact) mass is 544 g/mol. The van der Waals surface area contributed by atoms with Gasteiger partial charge >= 0.3 is 0 Å². The number of methoxy groups -OCH3 is 2. The first-order valence-corrected chi connectivity index (χ1v) is 14.4. The number of nitrogens with zero attached hydrogens (tertiary/aromatic N) is 6. The highest BCUT2D eigenvalue weighted by atomic mass is 16.5. The Bertz CT molecular complexity index is 1160. The molecule has 0 unspecified atom stereocenters.